The standard InChI is InChI=1S/C18H28N4O2/c1-3-9-20-17(23)7-11-22-18(19-2)21-10-6-14-4-5-16-15(13-14)8-12-24-16/h4-5,13H,3,6-12H2,1-2H3,(H,20,23)(H2,19,21,22). The third kappa shape index (κ3) is 5.76. The summed E-state index contributed by atoms with van der Waals surface area (Å²) in [5, 5.41) is 9.30. The van der Waals surface area contributed by atoms with E-state index in [1.807, 2.05) is 6.92 Å². The van der Waals surface area contributed by atoms with E-state index in [1.165, 1.54) is 11.1 Å². The number of carbonyl (C=O) groups excluding carboxylic acids is 1. The van der Waals surface area contributed by atoms with Gasteiger partial charge in [-0.3, -0.25) is 9.79 Å². The molecule has 132 valence electrons. The minimum atomic E-state index is 0.0696. The van der Waals surface area contributed by atoms with Gasteiger partial charge in [-0.05, 0) is 30.0 Å². The van der Waals surface area contributed by atoms with Gasteiger partial charge in [-0.25, -0.2) is 0 Å². The summed E-state index contributed by atoms with van der Waals surface area (Å²) in [7, 11) is 1.74. The molecule has 1 aliphatic rings. The second kappa shape index (κ2) is 9.80. The van der Waals surface area contributed by atoms with Gasteiger partial charge in [0.15, 0.2) is 5.96 Å². The molecule has 2 rings (SSSR count). The number of aliphatic imine (C=N–C) groups is 1. The highest BCUT2D eigenvalue weighted by atomic mass is 16.5. The molecule has 0 radical (unpaired) electrons. The Labute approximate surface area is 144 Å². The van der Waals surface area contributed by atoms with Crippen LogP contribution in [0.15, 0.2) is 23.2 Å². The van der Waals surface area contributed by atoms with Crippen molar-refractivity contribution >= 4 is 11.9 Å². The summed E-state index contributed by atoms with van der Waals surface area (Å²) in [4.78, 5) is 15.7. The van der Waals surface area contributed by atoms with E-state index >= 15 is 0 Å². The number of ether oxygens (including phenoxy) is 1. The number of fused-ring (bicyclic) bond motifs is 1. The van der Waals surface area contributed by atoms with Crippen molar-refractivity contribution in [2.24, 2.45) is 4.99 Å². The minimum absolute atomic E-state index is 0.0696. The Kier molecular flexibility index (Phi) is 7.39. The number of nitrogens with one attached hydrogen (secondary N) is 3. The third-order valence-electron chi connectivity index (χ3n) is 3.90. The molecule has 0 atom stereocenters. The molecule has 6 nitrogen and oxygen atoms in total. The summed E-state index contributed by atoms with van der Waals surface area (Å²) >= 11 is 0. The molecule has 1 amide bonds. The number of hydrogen-bond donors (Lipinski definition) is 3. The zero-order valence-corrected chi connectivity index (χ0v) is 14.7. The number of nitrogens with zero attached hydrogens (tertiary/aromatic N) is 1. The van der Waals surface area contributed by atoms with Crippen LogP contribution in [0.4, 0.5) is 0 Å². The lowest BCUT2D eigenvalue weighted by Gasteiger charge is -2.12. The average molecular weight is 332 g/mol. The number of amides is 1. The van der Waals surface area contributed by atoms with Gasteiger partial charge >= 0.3 is 0 Å². The number of rotatable bonds is 8. The van der Waals surface area contributed by atoms with Crippen LogP contribution in [0.5, 0.6) is 5.75 Å². The van der Waals surface area contributed by atoms with Crippen LogP contribution < -0.4 is 20.7 Å². The van der Waals surface area contributed by atoms with Gasteiger partial charge in [-0.15, -0.1) is 0 Å². The van der Waals surface area contributed by atoms with E-state index in [2.05, 4.69) is 39.1 Å². The van der Waals surface area contributed by atoms with Gasteiger partial charge in [0.05, 0.1) is 6.61 Å². The molecule has 1 heterocycles. The molecule has 24 heavy (non-hydrogen) atoms. The van der Waals surface area contributed by atoms with Gasteiger partial charge in [0, 0.05) is 39.5 Å². The Hall–Kier alpha value is -2.24. The highest BCUT2D eigenvalue weighted by molar-refractivity contribution is 5.81. The Balaban J connectivity index is 1.65. The van der Waals surface area contributed by atoms with E-state index in [-0.39, 0.29) is 5.91 Å². The minimum Gasteiger partial charge on any atom is -0.493 e. The van der Waals surface area contributed by atoms with E-state index in [0.29, 0.717) is 13.0 Å². The van der Waals surface area contributed by atoms with E-state index in [0.717, 1.165) is 50.7 Å². The largest absolute Gasteiger partial charge is 0.493 e. The van der Waals surface area contributed by atoms with Crippen LogP contribution in [-0.2, 0) is 17.6 Å². The summed E-state index contributed by atoms with van der Waals surface area (Å²) in [5.41, 5.74) is 2.59. The van der Waals surface area contributed by atoms with Crippen LogP contribution in [0.2, 0.25) is 0 Å². The van der Waals surface area contributed by atoms with Crippen molar-refractivity contribution in [1.29, 1.82) is 0 Å². The molecule has 1 aromatic carbocycles. The normalized spacial score (nSPS) is 13.2. The van der Waals surface area contributed by atoms with Crippen LogP contribution in [0.1, 0.15) is 30.9 Å². The molecule has 6 heteroatoms. The van der Waals surface area contributed by atoms with Crippen LogP contribution in [0.3, 0.4) is 0 Å². The molecule has 0 unspecified atom stereocenters. The van der Waals surface area contributed by atoms with Crippen LogP contribution in [0.25, 0.3) is 0 Å². The first kappa shape index (κ1) is 18.1. The van der Waals surface area contributed by atoms with E-state index in [9.17, 15) is 4.79 Å². The lowest BCUT2D eigenvalue weighted by Crippen LogP contribution is -2.40. The van der Waals surface area contributed by atoms with Crippen molar-refractivity contribution in [2.75, 3.05) is 33.3 Å². The molecule has 1 aromatic rings. The van der Waals surface area contributed by atoms with Crippen LogP contribution >= 0.6 is 0 Å². The number of hydrogen-bond acceptors (Lipinski definition) is 3. The second-order valence-corrected chi connectivity index (χ2v) is 5.82. The molecule has 0 spiro atoms. The van der Waals surface area contributed by atoms with Gasteiger partial charge in [0.25, 0.3) is 0 Å². The molecule has 0 aromatic heterocycles. The fourth-order valence-electron chi connectivity index (χ4n) is 2.59. The predicted molar refractivity (Wildman–Crippen MR) is 96.6 cm³/mol. The molecule has 1 aliphatic heterocycles. The van der Waals surface area contributed by atoms with Crippen molar-refractivity contribution in [3.63, 3.8) is 0 Å². The second-order valence-electron chi connectivity index (χ2n) is 5.82. The summed E-state index contributed by atoms with van der Waals surface area (Å²) in [6.45, 7) is 4.93. The van der Waals surface area contributed by atoms with Crippen LogP contribution in [-0.4, -0.2) is 45.2 Å². The summed E-state index contributed by atoms with van der Waals surface area (Å²) in [6.07, 6.45) is 3.33. The molecule has 0 fully saturated rings. The van der Waals surface area contributed by atoms with Gasteiger partial charge in [0.2, 0.25) is 5.91 Å². The molecular formula is C18H28N4O2. The molecule has 0 saturated heterocycles. The van der Waals surface area contributed by atoms with Crippen molar-refractivity contribution < 1.29 is 9.53 Å². The average Bonchev–Trinajstić information content (AvgIpc) is 3.06. The maximum atomic E-state index is 11.5. The van der Waals surface area contributed by atoms with Crippen LogP contribution in [0, 0.1) is 0 Å². The molecule has 0 aliphatic carbocycles. The maximum absolute atomic E-state index is 11.5. The smallest absolute Gasteiger partial charge is 0.221 e. The highest BCUT2D eigenvalue weighted by Gasteiger charge is 2.11. The van der Waals surface area contributed by atoms with E-state index in [4.69, 9.17) is 4.74 Å². The first-order valence-corrected chi connectivity index (χ1v) is 8.68. The summed E-state index contributed by atoms with van der Waals surface area (Å²) < 4.78 is 5.52. The van der Waals surface area contributed by atoms with Gasteiger partial charge in [-0.1, -0.05) is 19.1 Å². The Morgan fingerprint density at radius 1 is 1.21 bits per heavy atom. The number of carbonyl (C=O) groups is 1. The lowest BCUT2D eigenvalue weighted by atomic mass is 10.1. The summed E-state index contributed by atoms with van der Waals surface area (Å²) in [6, 6.07) is 6.39. The Morgan fingerprint density at radius 3 is 2.83 bits per heavy atom. The fraction of sp³-hybridized carbons (Fsp3) is 0.556. The first-order valence-electron chi connectivity index (χ1n) is 8.68. The SMILES string of the molecule is CCCNC(=O)CCNC(=NC)NCCc1ccc2c(c1)CCO2. The zero-order valence-electron chi connectivity index (χ0n) is 14.7. The molecular weight excluding hydrogens is 304 g/mol. The van der Waals surface area contributed by atoms with E-state index < -0.39 is 0 Å². The topological polar surface area (TPSA) is 74.8 Å². The lowest BCUT2D eigenvalue weighted by molar-refractivity contribution is -0.120. The maximum Gasteiger partial charge on any atom is 0.221 e. The highest BCUT2D eigenvalue weighted by Crippen LogP contribution is 2.25. The molecule has 0 saturated carbocycles. The van der Waals surface area contributed by atoms with Crippen molar-refractivity contribution in [1.82, 2.24) is 16.0 Å². The molecule has 0 bridgehead atoms. The fourth-order valence-corrected chi connectivity index (χ4v) is 2.59. The van der Waals surface area contributed by atoms with Crippen molar-refractivity contribution in [3.05, 3.63) is 29.3 Å². The zero-order chi connectivity index (χ0) is 17.2. The van der Waals surface area contributed by atoms with Gasteiger partial charge in [0.1, 0.15) is 5.75 Å². The monoisotopic (exact) mass is 332 g/mol. The van der Waals surface area contributed by atoms with E-state index in [1.54, 1.807) is 7.05 Å². The first-order chi connectivity index (χ1) is 11.7. The van der Waals surface area contributed by atoms with Crippen molar-refractivity contribution in [3.8, 4) is 5.75 Å². The Morgan fingerprint density at radius 2 is 2.04 bits per heavy atom. The summed E-state index contributed by atoms with van der Waals surface area (Å²) in [5.74, 6) is 1.81. The van der Waals surface area contributed by atoms with Gasteiger partial charge in [-0.2, -0.15) is 0 Å². The van der Waals surface area contributed by atoms with Gasteiger partial charge < -0.3 is 20.7 Å². The quantitative estimate of drug-likeness (QED) is 0.495. The number of benzene rings is 1. The third-order valence-corrected chi connectivity index (χ3v) is 3.90. The Bertz CT molecular complexity index is 572. The number of guanidine groups is 1. The predicted octanol–water partition coefficient (Wildman–Crippen LogP) is 1.25. The molecule has 3 N–H and O–H groups in total. The van der Waals surface area contributed by atoms with Crippen molar-refractivity contribution in [2.45, 2.75) is 32.6 Å².